The van der Waals surface area contributed by atoms with Crippen LogP contribution in [-0.2, 0) is 6.42 Å². The minimum atomic E-state index is -0.211. The first-order valence-electron chi connectivity index (χ1n) is 5.79. The zero-order chi connectivity index (χ0) is 13.8. The fourth-order valence-electron chi connectivity index (χ4n) is 1.90. The molecule has 2 rings (SSSR count). The molecule has 3 nitrogen and oxygen atoms in total. The molecule has 1 heterocycles. The highest BCUT2D eigenvalue weighted by Crippen LogP contribution is 2.28. The third-order valence-electron chi connectivity index (χ3n) is 2.89. The van der Waals surface area contributed by atoms with Gasteiger partial charge in [-0.05, 0) is 30.2 Å². The maximum Gasteiger partial charge on any atom is 0.141 e. The van der Waals surface area contributed by atoms with Gasteiger partial charge in [0, 0.05) is 27.8 Å². The minimum absolute atomic E-state index is 0.211. The van der Waals surface area contributed by atoms with E-state index in [1.165, 1.54) is 0 Å². The summed E-state index contributed by atoms with van der Waals surface area (Å²) >= 11 is 12.0. The lowest BCUT2D eigenvalue weighted by Gasteiger charge is -2.16. The zero-order valence-electron chi connectivity index (χ0n) is 10.4. The highest BCUT2D eigenvalue weighted by molar-refractivity contribution is 6.35. The minimum Gasteiger partial charge on any atom is -0.495 e. The molecule has 5 heteroatoms. The molecule has 0 aliphatic rings. The van der Waals surface area contributed by atoms with Crippen molar-refractivity contribution in [1.29, 1.82) is 0 Å². The molecule has 1 atom stereocenters. The van der Waals surface area contributed by atoms with E-state index in [-0.39, 0.29) is 6.04 Å². The third kappa shape index (κ3) is 3.38. The topological polar surface area (TPSA) is 48.1 Å². The van der Waals surface area contributed by atoms with Crippen molar-refractivity contribution in [3.8, 4) is 5.75 Å². The highest BCUT2D eigenvalue weighted by atomic mass is 35.5. The van der Waals surface area contributed by atoms with Gasteiger partial charge in [-0.2, -0.15) is 0 Å². The number of benzene rings is 1. The van der Waals surface area contributed by atoms with E-state index in [4.69, 9.17) is 33.7 Å². The van der Waals surface area contributed by atoms with Gasteiger partial charge in [-0.1, -0.05) is 29.3 Å². The molecular weight excluding hydrogens is 283 g/mol. The molecule has 1 aromatic heterocycles. The normalized spacial score (nSPS) is 12.2. The number of halogens is 2. The Morgan fingerprint density at radius 1 is 1.32 bits per heavy atom. The second-order valence-corrected chi connectivity index (χ2v) is 5.01. The Labute approximate surface area is 122 Å². The number of hydrogen-bond acceptors (Lipinski definition) is 3. The summed E-state index contributed by atoms with van der Waals surface area (Å²) in [5, 5.41) is 1.24. The van der Waals surface area contributed by atoms with Gasteiger partial charge in [0.15, 0.2) is 0 Å². The molecule has 100 valence electrons. The Hall–Kier alpha value is -1.29. The fraction of sp³-hybridized carbons (Fsp3) is 0.214. The van der Waals surface area contributed by atoms with Crippen molar-refractivity contribution < 1.29 is 4.74 Å². The first-order chi connectivity index (χ1) is 9.11. The predicted molar refractivity (Wildman–Crippen MR) is 77.9 cm³/mol. The lowest BCUT2D eigenvalue weighted by atomic mass is 10.00. The van der Waals surface area contributed by atoms with Gasteiger partial charge < -0.3 is 10.5 Å². The molecule has 0 amide bonds. The maximum atomic E-state index is 6.21. The van der Waals surface area contributed by atoms with Crippen LogP contribution in [0.25, 0.3) is 0 Å². The number of hydrogen-bond donors (Lipinski definition) is 1. The van der Waals surface area contributed by atoms with Crippen LogP contribution in [0.4, 0.5) is 0 Å². The lowest BCUT2D eigenvalue weighted by Crippen LogP contribution is -2.14. The summed E-state index contributed by atoms with van der Waals surface area (Å²) < 4.78 is 5.26. The number of aromatic nitrogens is 1. The Morgan fingerprint density at radius 2 is 2.11 bits per heavy atom. The van der Waals surface area contributed by atoms with Gasteiger partial charge in [0.1, 0.15) is 5.75 Å². The molecule has 0 fully saturated rings. The highest BCUT2D eigenvalue weighted by Gasteiger charge is 2.14. The lowest BCUT2D eigenvalue weighted by molar-refractivity contribution is 0.403. The van der Waals surface area contributed by atoms with Gasteiger partial charge >= 0.3 is 0 Å². The molecule has 0 saturated carbocycles. The molecule has 2 aromatic rings. The summed E-state index contributed by atoms with van der Waals surface area (Å²) in [6.07, 6.45) is 3.95. The van der Waals surface area contributed by atoms with Crippen LogP contribution < -0.4 is 10.5 Å². The zero-order valence-corrected chi connectivity index (χ0v) is 11.9. The van der Waals surface area contributed by atoms with E-state index in [1.54, 1.807) is 31.6 Å². The predicted octanol–water partition coefficient (Wildman–Crippen LogP) is 3.64. The van der Waals surface area contributed by atoms with Gasteiger partial charge in [-0.25, -0.2) is 0 Å². The average molecular weight is 297 g/mol. The van der Waals surface area contributed by atoms with Crippen LogP contribution >= 0.6 is 23.2 Å². The second-order valence-electron chi connectivity index (χ2n) is 4.16. The van der Waals surface area contributed by atoms with E-state index in [0.29, 0.717) is 22.2 Å². The molecular formula is C14H14Cl2N2O. The average Bonchev–Trinajstić information content (AvgIpc) is 2.41. The van der Waals surface area contributed by atoms with Crippen molar-refractivity contribution in [1.82, 2.24) is 4.98 Å². The van der Waals surface area contributed by atoms with Crippen molar-refractivity contribution >= 4 is 23.2 Å². The molecule has 0 radical (unpaired) electrons. The molecule has 2 N–H and O–H groups in total. The molecule has 0 spiro atoms. The van der Waals surface area contributed by atoms with E-state index in [0.717, 1.165) is 11.1 Å². The Bertz CT molecular complexity index is 575. The van der Waals surface area contributed by atoms with Crippen LogP contribution in [0.15, 0.2) is 36.7 Å². The summed E-state index contributed by atoms with van der Waals surface area (Å²) in [5.74, 6) is 0.681. The van der Waals surface area contributed by atoms with E-state index in [1.807, 2.05) is 12.1 Å². The first-order valence-corrected chi connectivity index (χ1v) is 6.55. The number of rotatable bonds is 4. The smallest absolute Gasteiger partial charge is 0.141 e. The van der Waals surface area contributed by atoms with Gasteiger partial charge in [0.25, 0.3) is 0 Å². The van der Waals surface area contributed by atoms with Crippen LogP contribution in [0.5, 0.6) is 5.75 Å². The summed E-state index contributed by atoms with van der Waals surface area (Å²) in [6.45, 7) is 0. The monoisotopic (exact) mass is 296 g/mol. The summed E-state index contributed by atoms with van der Waals surface area (Å²) in [4.78, 5) is 4.01. The van der Waals surface area contributed by atoms with Gasteiger partial charge in [-0.15, -0.1) is 0 Å². The van der Waals surface area contributed by atoms with Crippen LogP contribution in [0.2, 0.25) is 10.0 Å². The van der Waals surface area contributed by atoms with Gasteiger partial charge in [-0.3, -0.25) is 4.98 Å². The second kappa shape index (κ2) is 6.24. The summed E-state index contributed by atoms with van der Waals surface area (Å²) in [6, 6.07) is 7.05. The number of methoxy groups -OCH3 is 1. The van der Waals surface area contributed by atoms with Crippen molar-refractivity contribution in [3.63, 3.8) is 0 Å². The maximum absolute atomic E-state index is 6.21. The summed E-state index contributed by atoms with van der Waals surface area (Å²) in [5.41, 5.74) is 8.07. The van der Waals surface area contributed by atoms with Gasteiger partial charge in [0.2, 0.25) is 0 Å². The third-order valence-corrected chi connectivity index (χ3v) is 3.48. The van der Waals surface area contributed by atoms with Gasteiger partial charge in [0.05, 0.1) is 13.3 Å². The van der Waals surface area contributed by atoms with E-state index in [9.17, 15) is 0 Å². The van der Waals surface area contributed by atoms with E-state index >= 15 is 0 Å². The fourth-order valence-corrected chi connectivity index (χ4v) is 2.39. The Morgan fingerprint density at radius 3 is 2.79 bits per heavy atom. The Kier molecular flexibility index (Phi) is 4.64. The standard InChI is InChI=1S/C14H14Cl2N2O/c1-19-14-8-18-5-4-11(14)13(17)6-9-2-3-10(15)7-12(9)16/h2-5,7-8,13H,6,17H2,1H3. The largest absolute Gasteiger partial charge is 0.495 e. The molecule has 0 aliphatic heterocycles. The van der Waals surface area contributed by atoms with Crippen molar-refractivity contribution in [2.75, 3.05) is 7.11 Å². The van der Waals surface area contributed by atoms with E-state index in [2.05, 4.69) is 4.98 Å². The number of nitrogens with two attached hydrogens (primary N) is 1. The molecule has 19 heavy (non-hydrogen) atoms. The molecule has 1 unspecified atom stereocenters. The van der Waals surface area contributed by atoms with Crippen LogP contribution in [-0.4, -0.2) is 12.1 Å². The first kappa shape index (κ1) is 14.1. The number of pyridine rings is 1. The molecule has 1 aromatic carbocycles. The van der Waals surface area contributed by atoms with Crippen molar-refractivity contribution in [3.05, 3.63) is 57.8 Å². The molecule has 0 saturated heterocycles. The number of nitrogens with zero attached hydrogens (tertiary/aromatic N) is 1. The van der Waals surface area contributed by atoms with Crippen molar-refractivity contribution in [2.45, 2.75) is 12.5 Å². The van der Waals surface area contributed by atoms with Crippen molar-refractivity contribution in [2.24, 2.45) is 5.73 Å². The van der Waals surface area contributed by atoms with Crippen LogP contribution in [0.1, 0.15) is 17.2 Å². The quantitative estimate of drug-likeness (QED) is 0.937. The number of ether oxygens (including phenoxy) is 1. The molecule has 0 bridgehead atoms. The SMILES string of the molecule is COc1cnccc1C(N)Cc1ccc(Cl)cc1Cl. The summed E-state index contributed by atoms with van der Waals surface area (Å²) in [7, 11) is 1.60. The van der Waals surface area contributed by atoms with Crippen LogP contribution in [0, 0.1) is 0 Å². The Balaban J connectivity index is 2.23. The molecule has 0 aliphatic carbocycles. The van der Waals surface area contributed by atoms with Crippen LogP contribution in [0.3, 0.4) is 0 Å². The van der Waals surface area contributed by atoms with E-state index < -0.39 is 0 Å².